The van der Waals surface area contributed by atoms with Crippen LogP contribution in [0.5, 0.6) is 5.75 Å². The summed E-state index contributed by atoms with van der Waals surface area (Å²) in [4.78, 5) is 23.4. The number of methoxy groups -OCH3 is 1. The zero-order valence-corrected chi connectivity index (χ0v) is 11.9. The number of rotatable bonds is 3. The number of fused-ring (bicyclic) bond motifs is 1. The molecule has 0 unspecified atom stereocenters. The van der Waals surface area contributed by atoms with Gasteiger partial charge in [-0.15, -0.1) is 0 Å². The molecule has 0 aliphatic carbocycles. The van der Waals surface area contributed by atoms with Crippen LogP contribution < -0.4 is 10.4 Å². The zero-order valence-electron chi connectivity index (χ0n) is 10.4. The van der Waals surface area contributed by atoms with E-state index in [1.165, 1.54) is 13.2 Å². The smallest absolute Gasteiger partial charge is 0.351 e. The summed E-state index contributed by atoms with van der Waals surface area (Å²) in [5.41, 5.74) is -0.524. The fourth-order valence-corrected chi connectivity index (χ4v) is 2.25. The minimum atomic E-state index is -0.736. The van der Waals surface area contributed by atoms with Crippen LogP contribution in [0.2, 0.25) is 0 Å². The van der Waals surface area contributed by atoms with Crippen molar-refractivity contribution >= 4 is 32.9 Å². The minimum Gasteiger partial charge on any atom is -0.495 e. The van der Waals surface area contributed by atoms with Gasteiger partial charge in [-0.1, -0.05) is 0 Å². The summed E-state index contributed by atoms with van der Waals surface area (Å²) in [5, 5.41) is 0.607. The van der Waals surface area contributed by atoms with Crippen LogP contribution in [0.3, 0.4) is 0 Å². The highest BCUT2D eigenvalue weighted by molar-refractivity contribution is 9.10. The van der Waals surface area contributed by atoms with Crippen molar-refractivity contribution in [2.45, 2.75) is 6.92 Å². The van der Waals surface area contributed by atoms with E-state index in [0.29, 0.717) is 21.2 Å². The SMILES string of the molecule is CCOC(=O)c1cc2ccc(OC)c(Br)c2oc1=O. The first kappa shape index (κ1) is 13.6. The minimum absolute atomic E-state index is 0.119. The van der Waals surface area contributed by atoms with Crippen molar-refractivity contribution in [3.8, 4) is 5.75 Å². The molecule has 0 bridgehead atoms. The Morgan fingerprint density at radius 2 is 2.16 bits per heavy atom. The molecule has 0 radical (unpaired) electrons. The first-order valence-electron chi connectivity index (χ1n) is 5.56. The third-order valence-electron chi connectivity index (χ3n) is 2.52. The van der Waals surface area contributed by atoms with E-state index in [1.54, 1.807) is 19.1 Å². The van der Waals surface area contributed by atoms with Crippen molar-refractivity contribution in [1.82, 2.24) is 0 Å². The number of carbonyl (C=O) groups excluding carboxylic acids is 1. The van der Waals surface area contributed by atoms with Gasteiger partial charge in [0.15, 0.2) is 5.58 Å². The lowest BCUT2D eigenvalue weighted by Gasteiger charge is -2.06. The first-order valence-corrected chi connectivity index (χ1v) is 6.35. The molecule has 1 aromatic carbocycles. The molecule has 5 nitrogen and oxygen atoms in total. The van der Waals surface area contributed by atoms with Gasteiger partial charge < -0.3 is 13.9 Å². The molecule has 2 aromatic rings. The van der Waals surface area contributed by atoms with E-state index in [1.807, 2.05) is 0 Å². The quantitative estimate of drug-likeness (QED) is 0.641. The molecule has 100 valence electrons. The maximum atomic E-state index is 11.8. The maximum absolute atomic E-state index is 11.8. The third-order valence-corrected chi connectivity index (χ3v) is 3.27. The van der Waals surface area contributed by atoms with Gasteiger partial charge in [0.05, 0.1) is 13.7 Å². The molecule has 0 saturated heterocycles. The topological polar surface area (TPSA) is 65.7 Å². The second kappa shape index (κ2) is 5.44. The van der Waals surface area contributed by atoms with Crippen LogP contribution in [0.4, 0.5) is 0 Å². The predicted molar refractivity (Wildman–Crippen MR) is 72.7 cm³/mol. The summed E-state index contributed by atoms with van der Waals surface area (Å²) >= 11 is 3.29. The highest BCUT2D eigenvalue weighted by Gasteiger charge is 2.17. The molecule has 0 aliphatic heterocycles. The summed E-state index contributed by atoms with van der Waals surface area (Å²) in [6, 6.07) is 4.86. The molecule has 0 saturated carbocycles. The molecule has 0 spiro atoms. The van der Waals surface area contributed by atoms with Crippen LogP contribution in [0, 0.1) is 0 Å². The highest BCUT2D eigenvalue weighted by atomic mass is 79.9. The summed E-state index contributed by atoms with van der Waals surface area (Å²) in [5.74, 6) is -0.148. The lowest BCUT2D eigenvalue weighted by Crippen LogP contribution is -2.16. The monoisotopic (exact) mass is 326 g/mol. The van der Waals surface area contributed by atoms with Crippen molar-refractivity contribution in [1.29, 1.82) is 0 Å². The summed E-state index contributed by atoms with van der Waals surface area (Å²) < 4.78 is 15.6. The van der Waals surface area contributed by atoms with E-state index in [4.69, 9.17) is 13.9 Å². The molecular weight excluding hydrogens is 316 g/mol. The summed E-state index contributed by atoms with van der Waals surface area (Å²) in [7, 11) is 1.51. The van der Waals surface area contributed by atoms with Crippen molar-refractivity contribution < 1.29 is 18.7 Å². The molecule has 1 heterocycles. The lowest BCUT2D eigenvalue weighted by atomic mass is 10.2. The Labute approximate surface area is 117 Å². The second-order valence-electron chi connectivity index (χ2n) is 3.67. The molecule has 0 amide bonds. The van der Waals surface area contributed by atoms with Crippen LogP contribution in [-0.4, -0.2) is 19.7 Å². The van der Waals surface area contributed by atoms with Gasteiger partial charge >= 0.3 is 11.6 Å². The molecule has 0 fully saturated rings. The maximum Gasteiger partial charge on any atom is 0.351 e. The van der Waals surface area contributed by atoms with Gasteiger partial charge in [-0.25, -0.2) is 9.59 Å². The van der Waals surface area contributed by atoms with Crippen LogP contribution in [0.15, 0.2) is 31.9 Å². The normalized spacial score (nSPS) is 10.5. The van der Waals surface area contributed by atoms with Gasteiger partial charge in [0, 0.05) is 5.39 Å². The van der Waals surface area contributed by atoms with Crippen LogP contribution in [0.25, 0.3) is 11.0 Å². The van der Waals surface area contributed by atoms with E-state index in [0.717, 1.165) is 0 Å². The number of halogens is 1. The molecule has 0 atom stereocenters. The van der Waals surface area contributed by atoms with Crippen LogP contribution >= 0.6 is 15.9 Å². The van der Waals surface area contributed by atoms with Crippen molar-refractivity contribution in [2.75, 3.05) is 13.7 Å². The average molecular weight is 327 g/mol. The van der Waals surface area contributed by atoms with E-state index in [9.17, 15) is 9.59 Å². The molecule has 19 heavy (non-hydrogen) atoms. The highest BCUT2D eigenvalue weighted by Crippen LogP contribution is 2.32. The van der Waals surface area contributed by atoms with E-state index in [2.05, 4.69) is 15.9 Å². The van der Waals surface area contributed by atoms with Gasteiger partial charge in [-0.3, -0.25) is 0 Å². The molecule has 6 heteroatoms. The van der Waals surface area contributed by atoms with Crippen LogP contribution in [0.1, 0.15) is 17.3 Å². The molecular formula is C13H11BrO5. The largest absolute Gasteiger partial charge is 0.495 e. The first-order chi connectivity index (χ1) is 9.08. The lowest BCUT2D eigenvalue weighted by molar-refractivity contribution is 0.0522. The van der Waals surface area contributed by atoms with Crippen molar-refractivity contribution in [2.24, 2.45) is 0 Å². The van der Waals surface area contributed by atoms with Gasteiger partial charge in [-0.05, 0) is 41.1 Å². The zero-order chi connectivity index (χ0) is 14.0. The Hall–Kier alpha value is -1.82. The Morgan fingerprint density at radius 1 is 1.42 bits per heavy atom. The second-order valence-corrected chi connectivity index (χ2v) is 4.46. The summed E-state index contributed by atoms with van der Waals surface area (Å²) in [6.45, 7) is 1.87. The molecule has 1 aromatic heterocycles. The Balaban J connectivity index is 2.65. The van der Waals surface area contributed by atoms with Crippen molar-refractivity contribution in [3.63, 3.8) is 0 Å². The summed E-state index contributed by atoms with van der Waals surface area (Å²) in [6.07, 6.45) is 0. The van der Waals surface area contributed by atoms with E-state index in [-0.39, 0.29) is 12.2 Å². The van der Waals surface area contributed by atoms with Crippen LogP contribution in [-0.2, 0) is 4.74 Å². The number of hydrogen-bond donors (Lipinski definition) is 0. The van der Waals surface area contributed by atoms with E-state index < -0.39 is 11.6 Å². The Morgan fingerprint density at radius 3 is 2.79 bits per heavy atom. The number of benzene rings is 1. The predicted octanol–water partition coefficient (Wildman–Crippen LogP) is 2.74. The van der Waals surface area contributed by atoms with Crippen molar-refractivity contribution in [3.05, 3.63) is 38.7 Å². The van der Waals surface area contributed by atoms with Gasteiger partial charge in [0.2, 0.25) is 0 Å². The molecule has 2 rings (SSSR count). The standard InChI is InChI=1S/C13H11BrO5/c1-3-18-12(15)8-6-7-4-5-9(17-2)10(14)11(7)19-13(8)16/h4-6H,3H2,1-2H3. The molecule has 0 N–H and O–H groups in total. The Kier molecular flexibility index (Phi) is 3.90. The van der Waals surface area contributed by atoms with Gasteiger partial charge in [0.25, 0.3) is 0 Å². The van der Waals surface area contributed by atoms with Gasteiger partial charge in [-0.2, -0.15) is 0 Å². The average Bonchev–Trinajstić information content (AvgIpc) is 2.39. The molecule has 0 aliphatic rings. The number of carbonyl (C=O) groups is 1. The van der Waals surface area contributed by atoms with Gasteiger partial charge in [0.1, 0.15) is 15.8 Å². The fraction of sp³-hybridized carbons (Fsp3) is 0.231. The van der Waals surface area contributed by atoms with E-state index >= 15 is 0 Å². The number of esters is 1. The fourth-order valence-electron chi connectivity index (χ4n) is 1.64. The number of hydrogen-bond acceptors (Lipinski definition) is 5. The number of ether oxygens (including phenoxy) is 2. The third kappa shape index (κ3) is 2.49. The Bertz CT molecular complexity index is 689.